The largest absolute Gasteiger partial charge is 0.494 e. The minimum atomic E-state index is -0.126. The average Bonchev–Trinajstić information content (AvgIpc) is 2.69. The molecule has 1 aromatic heterocycles. The number of ether oxygens (including phenoxy) is 2. The van der Waals surface area contributed by atoms with Crippen LogP contribution in [0.1, 0.15) is 44.0 Å². The van der Waals surface area contributed by atoms with Crippen molar-refractivity contribution in [3.8, 4) is 11.8 Å². The molecule has 7 nitrogen and oxygen atoms in total. The monoisotopic (exact) mass is 398 g/mol. The molecule has 0 aliphatic carbocycles. The minimum absolute atomic E-state index is 0.106. The van der Waals surface area contributed by atoms with Gasteiger partial charge in [-0.3, -0.25) is 0 Å². The zero-order valence-corrected chi connectivity index (χ0v) is 17.5. The molecule has 1 unspecified atom stereocenters. The molecule has 29 heavy (non-hydrogen) atoms. The highest BCUT2D eigenvalue weighted by molar-refractivity contribution is 5.89. The molecule has 1 N–H and O–H groups in total. The Labute approximate surface area is 172 Å². The van der Waals surface area contributed by atoms with E-state index in [1.54, 1.807) is 4.90 Å². The van der Waals surface area contributed by atoms with E-state index in [2.05, 4.69) is 22.2 Å². The van der Waals surface area contributed by atoms with Gasteiger partial charge in [0.15, 0.2) is 0 Å². The Hall–Kier alpha value is -2.83. The molecule has 2 aromatic rings. The summed E-state index contributed by atoms with van der Waals surface area (Å²) in [6.45, 7) is 7.90. The summed E-state index contributed by atoms with van der Waals surface area (Å²) in [5, 5.41) is 2.95. The topological polar surface area (TPSA) is 76.6 Å². The van der Waals surface area contributed by atoms with E-state index in [9.17, 15) is 4.79 Å². The summed E-state index contributed by atoms with van der Waals surface area (Å²) in [5.41, 5.74) is 2.50. The molecule has 3 rings (SSSR count). The summed E-state index contributed by atoms with van der Waals surface area (Å²) in [4.78, 5) is 23.1. The van der Waals surface area contributed by atoms with E-state index in [0.717, 1.165) is 48.5 Å². The van der Waals surface area contributed by atoms with E-state index < -0.39 is 0 Å². The summed E-state index contributed by atoms with van der Waals surface area (Å²) in [5.74, 6) is 0.816. The van der Waals surface area contributed by atoms with Crippen molar-refractivity contribution in [2.75, 3.05) is 25.0 Å². The molecule has 1 aromatic carbocycles. The fourth-order valence-corrected chi connectivity index (χ4v) is 3.29. The number of hydrogen-bond donors (Lipinski definition) is 1. The third kappa shape index (κ3) is 6.34. The highest BCUT2D eigenvalue weighted by Crippen LogP contribution is 2.19. The van der Waals surface area contributed by atoms with Gasteiger partial charge in [-0.25, -0.2) is 14.8 Å². The smallest absolute Gasteiger partial charge is 0.321 e. The number of unbranched alkanes of at least 4 members (excludes halogenated alkanes) is 1. The Balaban J connectivity index is 1.52. The molecule has 1 fully saturated rings. The van der Waals surface area contributed by atoms with Crippen LogP contribution >= 0.6 is 0 Å². The molecule has 0 bridgehead atoms. The molecular formula is C22H30N4O3. The summed E-state index contributed by atoms with van der Waals surface area (Å²) in [6, 6.07) is 9.65. The lowest BCUT2D eigenvalue weighted by atomic mass is 10.1. The maximum atomic E-state index is 12.7. The van der Waals surface area contributed by atoms with Gasteiger partial charge in [-0.1, -0.05) is 13.3 Å². The van der Waals surface area contributed by atoms with Crippen LogP contribution in [-0.4, -0.2) is 46.7 Å². The van der Waals surface area contributed by atoms with Crippen LogP contribution in [0.3, 0.4) is 0 Å². The van der Waals surface area contributed by atoms with Gasteiger partial charge in [0.05, 0.1) is 13.2 Å². The zero-order chi connectivity index (χ0) is 20.6. The number of nitrogens with one attached hydrogen (secondary N) is 1. The van der Waals surface area contributed by atoms with E-state index in [-0.39, 0.29) is 12.1 Å². The van der Waals surface area contributed by atoms with Crippen LogP contribution in [0.15, 0.2) is 30.3 Å². The molecule has 0 radical (unpaired) electrons. The number of piperidine rings is 1. The van der Waals surface area contributed by atoms with Crippen molar-refractivity contribution >= 4 is 11.7 Å². The number of hydrogen-bond acceptors (Lipinski definition) is 5. The molecule has 7 heteroatoms. The summed E-state index contributed by atoms with van der Waals surface area (Å²) in [7, 11) is 0. The number of anilines is 1. The van der Waals surface area contributed by atoms with E-state index in [4.69, 9.17) is 9.47 Å². The van der Waals surface area contributed by atoms with E-state index in [1.807, 2.05) is 44.2 Å². The lowest BCUT2D eigenvalue weighted by molar-refractivity contribution is 0.0980. The summed E-state index contributed by atoms with van der Waals surface area (Å²) < 4.78 is 11.6. The first-order valence-electron chi connectivity index (χ1n) is 10.3. The van der Waals surface area contributed by atoms with Gasteiger partial charge in [-0.2, -0.15) is 0 Å². The van der Waals surface area contributed by atoms with Gasteiger partial charge < -0.3 is 19.7 Å². The Bertz CT molecular complexity index is 790. The predicted molar refractivity (Wildman–Crippen MR) is 113 cm³/mol. The maximum Gasteiger partial charge on any atom is 0.321 e. The highest BCUT2D eigenvalue weighted by atomic mass is 16.5. The fraction of sp³-hybridized carbons (Fsp3) is 0.500. The second kappa shape index (κ2) is 10.1. The van der Waals surface area contributed by atoms with Crippen LogP contribution in [0.2, 0.25) is 0 Å². The first kappa shape index (κ1) is 20.9. The molecule has 1 aliphatic heterocycles. The number of urea groups is 1. The van der Waals surface area contributed by atoms with Gasteiger partial charge in [0.25, 0.3) is 0 Å². The number of amides is 2. The lowest BCUT2D eigenvalue weighted by Gasteiger charge is -2.32. The van der Waals surface area contributed by atoms with E-state index in [1.165, 1.54) is 0 Å². The van der Waals surface area contributed by atoms with Crippen molar-refractivity contribution in [3.05, 3.63) is 41.7 Å². The number of aryl methyl sites for hydroxylation is 2. The van der Waals surface area contributed by atoms with Gasteiger partial charge in [-0.05, 0) is 63.4 Å². The molecule has 2 heterocycles. The van der Waals surface area contributed by atoms with Crippen LogP contribution in [0.4, 0.5) is 10.5 Å². The number of rotatable bonds is 7. The van der Waals surface area contributed by atoms with Crippen molar-refractivity contribution in [2.24, 2.45) is 0 Å². The number of aromatic nitrogens is 2. The molecule has 1 atom stereocenters. The number of nitrogens with zero attached hydrogens (tertiary/aromatic N) is 3. The van der Waals surface area contributed by atoms with Gasteiger partial charge in [0.1, 0.15) is 11.9 Å². The van der Waals surface area contributed by atoms with Gasteiger partial charge in [0, 0.05) is 23.6 Å². The lowest BCUT2D eigenvalue weighted by Crippen LogP contribution is -2.46. The third-order valence-corrected chi connectivity index (χ3v) is 4.77. The summed E-state index contributed by atoms with van der Waals surface area (Å²) in [6.07, 6.45) is 3.79. The van der Waals surface area contributed by atoms with Crippen LogP contribution < -0.4 is 14.8 Å². The number of carbonyl (C=O) groups is 1. The van der Waals surface area contributed by atoms with Crippen molar-refractivity contribution in [2.45, 2.75) is 52.6 Å². The number of carbonyl (C=O) groups excluding carboxylic acids is 1. The van der Waals surface area contributed by atoms with Crippen molar-refractivity contribution in [1.82, 2.24) is 14.9 Å². The van der Waals surface area contributed by atoms with Crippen molar-refractivity contribution in [3.63, 3.8) is 0 Å². The van der Waals surface area contributed by atoms with Crippen LogP contribution in [0.25, 0.3) is 0 Å². The molecule has 0 spiro atoms. The Kier molecular flexibility index (Phi) is 7.27. The van der Waals surface area contributed by atoms with Gasteiger partial charge in [0.2, 0.25) is 0 Å². The van der Waals surface area contributed by atoms with Crippen molar-refractivity contribution in [1.29, 1.82) is 0 Å². The Morgan fingerprint density at radius 2 is 1.93 bits per heavy atom. The molecule has 1 aliphatic rings. The molecule has 1 saturated heterocycles. The Morgan fingerprint density at radius 1 is 1.21 bits per heavy atom. The van der Waals surface area contributed by atoms with Gasteiger partial charge in [-0.15, -0.1) is 0 Å². The first-order valence-corrected chi connectivity index (χ1v) is 10.3. The molecular weight excluding hydrogens is 368 g/mol. The van der Waals surface area contributed by atoms with Gasteiger partial charge >= 0.3 is 12.0 Å². The second-order valence-electron chi connectivity index (χ2n) is 7.42. The van der Waals surface area contributed by atoms with Crippen LogP contribution in [-0.2, 0) is 0 Å². The molecule has 0 saturated carbocycles. The van der Waals surface area contributed by atoms with Crippen molar-refractivity contribution < 1.29 is 14.3 Å². The van der Waals surface area contributed by atoms with E-state index >= 15 is 0 Å². The number of likely N-dealkylation sites (tertiary alicyclic amines) is 1. The average molecular weight is 399 g/mol. The molecule has 156 valence electrons. The maximum absolute atomic E-state index is 12.7. The second-order valence-corrected chi connectivity index (χ2v) is 7.42. The van der Waals surface area contributed by atoms with E-state index in [0.29, 0.717) is 25.7 Å². The summed E-state index contributed by atoms with van der Waals surface area (Å²) >= 11 is 0. The molecule has 2 amide bonds. The zero-order valence-electron chi connectivity index (χ0n) is 17.5. The van der Waals surface area contributed by atoms with Crippen LogP contribution in [0, 0.1) is 13.8 Å². The SMILES string of the molecule is CCCCOc1ccc(NC(=O)N2CCCC(Oc3nc(C)cc(C)n3)C2)cc1. The minimum Gasteiger partial charge on any atom is -0.494 e. The highest BCUT2D eigenvalue weighted by Gasteiger charge is 2.25. The Morgan fingerprint density at radius 3 is 2.62 bits per heavy atom. The fourth-order valence-electron chi connectivity index (χ4n) is 3.29. The normalized spacial score (nSPS) is 16.4. The standard InChI is InChI=1S/C22H30N4O3/c1-4-5-13-28-19-10-8-18(9-11-19)25-22(27)26-12-6-7-20(15-26)29-21-23-16(2)14-17(3)24-21/h8-11,14,20H,4-7,12-13,15H2,1-3H3,(H,25,27). The number of benzene rings is 1. The quantitative estimate of drug-likeness (QED) is 0.702. The third-order valence-electron chi connectivity index (χ3n) is 4.77. The first-order chi connectivity index (χ1) is 14.0. The predicted octanol–water partition coefficient (Wildman–Crippen LogP) is 4.35. The van der Waals surface area contributed by atoms with Crippen LogP contribution in [0.5, 0.6) is 11.8 Å².